The van der Waals surface area contributed by atoms with E-state index in [0.29, 0.717) is 41.8 Å². The maximum atomic E-state index is 13.7. The first kappa shape index (κ1) is 96.7. The van der Waals surface area contributed by atoms with E-state index in [1.807, 2.05) is 55.5 Å². The van der Waals surface area contributed by atoms with E-state index in [4.69, 9.17) is 33.9 Å². The highest BCUT2D eigenvalue weighted by molar-refractivity contribution is 7.97. The lowest BCUT2D eigenvalue weighted by Crippen LogP contribution is -2.61. The van der Waals surface area contributed by atoms with Crippen molar-refractivity contribution in [3.8, 4) is 34.5 Å². The number of ether oxygens (including phenoxy) is 5. The van der Waals surface area contributed by atoms with Gasteiger partial charge in [-0.2, -0.15) is 43.5 Å². The molecule has 0 bridgehead atoms. The highest BCUT2D eigenvalue weighted by Gasteiger charge is 2.81. The first-order valence-corrected chi connectivity index (χ1v) is 41.6. The van der Waals surface area contributed by atoms with Crippen LogP contribution in [0, 0.1) is 39.9 Å². The summed E-state index contributed by atoms with van der Waals surface area (Å²) in [6.45, 7) is 22.4. The molecule has 0 aromatic heterocycles. The fourth-order valence-corrected chi connectivity index (χ4v) is 14.2. The molecule has 2 unspecified atom stereocenters. The molecule has 1 aliphatic rings. The van der Waals surface area contributed by atoms with E-state index in [0.717, 1.165) is 62.0 Å². The van der Waals surface area contributed by atoms with Crippen LogP contribution in [-0.2, 0) is 72.7 Å². The van der Waals surface area contributed by atoms with Gasteiger partial charge in [0.2, 0.25) is 35.4 Å². The summed E-state index contributed by atoms with van der Waals surface area (Å²) in [6.07, 6.45) is 12.5. The zero-order valence-electron chi connectivity index (χ0n) is 66.3. The Labute approximate surface area is 672 Å². The second-order valence-corrected chi connectivity index (χ2v) is 33.9. The summed E-state index contributed by atoms with van der Waals surface area (Å²) in [5.74, 6) is -17.5. The number of halogens is 11. The number of phenols is 2. The topological polar surface area (TPSA) is 187 Å². The van der Waals surface area contributed by atoms with Gasteiger partial charge in [0.15, 0.2) is 36.8 Å². The van der Waals surface area contributed by atoms with Crippen molar-refractivity contribution in [2.75, 3.05) is 13.2 Å². The summed E-state index contributed by atoms with van der Waals surface area (Å²) in [5.41, 5.74) is 5.79. The maximum absolute atomic E-state index is 13.7. The molecule has 1 fully saturated rings. The third kappa shape index (κ3) is 30.9. The van der Waals surface area contributed by atoms with Gasteiger partial charge in [0.1, 0.15) is 35.4 Å². The van der Waals surface area contributed by atoms with Gasteiger partial charge in [-0.25, -0.2) is 21.6 Å². The third-order valence-electron chi connectivity index (χ3n) is 17.3. The summed E-state index contributed by atoms with van der Waals surface area (Å²) < 4.78 is 232. The average molecular weight is 1670 g/mol. The molecule has 0 amide bonds. The molecule has 628 valence electrons. The molecule has 10 rings (SSSR count). The van der Waals surface area contributed by atoms with E-state index < -0.39 is 90.1 Å². The van der Waals surface area contributed by atoms with Crippen LogP contribution in [0.1, 0.15) is 155 Å². The minimum Gasteiger partial charge on any atom is -0.743 e. The van der Waals surface area contributed by atoms with Crippen LogP contribution < -0.4 is 18.4 Å². The number of benzene rings is 9. The molecule has 13 nitrogen and oxygen atoms in total. The Kier molecular flexibility index (Phi) is 38.3. The smallest absolute Gasteiger partial charge is 0.450 e. The van der Waals surface area contributed by atoms with Gasteiger partial charge in [-0.15, -0.1) is 0 Å². The highest BCUT2D eigenvalue weighted by atomic mass is 32.2. The van der Waals surface area contributed by atoms with Gasteiger partial charge in [-0.05, 0) is 187 Å². The molecule has 115 heavy (non-hydrogen) atoms. The summed E-state index contributed by atoms with van der Waals surface area (Å²) in [4.78, 5) is 4.08. The molecule has 1 aliphatic carbocycles. The van der Waals surface area contributed by atoms with Crippen LogP contribution in [0.25, 0.3) is 0 Å². The van der Waals surface area contributed by atoms with Crippen molar-refractivity contribution in [1.82, 2.24) is 0 Å². The van der Waals surface area contributed by atoms with Gasteiger partial charge in [-0.1, -0.05) is 211 Å². The van der Waals surface area contributed by atoms with E-state index in [-0.39, 0.29) is 34.6 Å². The number of aryl methyl sites for hydroxylation is 5. The Bertz CT molecular complexity index is 4370. The van der Waals surface area contributed by atoms with Crippen molar-refractivity contribution in [2.24, 2.45) is 10.8 Å². The van der Waals surface area contributed by atoms with Crippen LogP contribution >= 0.6 is 0 Å². The Balaban J connectivity index is 0.000000257. The van der Waals surface area contributed by atoms with E-state index in [1.165, 1.54) is 75.6 Å². The number of aromatic hydroxyl groups is 2. The molecule has 2 N–H and O–H groups in total. The second kappa shape index (κ2) is 45.6. The highest BCUT2D eigenvalue weighted by Crippen LogP contribution is 2.51. The molecule has 0 saturated heterocycles. The number of hydrogen-bond acceptors (Lipinski definition) is 13. The second-order valence-electron chi connectivity index (χ2n) is 28.9. The fraction of sp³-hybridized carbons (Fsp3) is 0.386. The fourth-order valence-electron chi connectivity index (χ4n) is 10.7. The van der Waals surface area contributed by atoms with Gasteiger partial charge < -0.3 is 42.6 Å². The van der Waals surface area contributed by atoms with E-state index >= 15 is 0 Å². The van der Waals surface area contributed by atoms with Crippen molar-refractivity contribution in [1.29, 1.82) is 0 Å². The lowest BCUT2D eigenvalue weighted by Gasteiger charge is -2.32. The number of alkyl halides is 6. The predicted molar refractivity (Wildman–Crippen MR) is 425 cm³/mol. The van der Waals surface area contributed by atoms with Gasteiger partial charge >= 0.3 is 26.5 Å². The van der Waals surface area contributed by atoms with Crippen molar-refractivity contribution in [2.45, 2.75) is 209 Å². The number of hydrogen-bond donors (Lipinski definition) is 2. The molecule has 0 aliphatic heterocycles. The lowest BCUT2D eigenvalue weighted by atomic mass is 9.90. The summed E-state index contributed by atoms with van der Waals surface area (Å²) >= 11 is 0. The predicted octanol–water partition coefficient (Wildman–Crippen LogP) is 23.3. The van der Waals surface area contributed by atoms with Crippen LogP contribution in [0.3, 0.4) is 0 Å². The summed E-state index contributed by atoms with van der Waals surface area (Å²) in [6, 6.07) is 66.5. The van der Waals surface area contributed by atoms with Gasteiger partial charge in [0, 0.05) is 12.8 Å². The van der Waals surface area contributed by atoms with Crippen molar-refractivity contribution < 1.29 is 108 Å². The molecule has 9 aromatic rings. The molecule has 0 heterocycles. The average Bonchev–Trinajstić information content (AvgIpc) is 0.722. The molecule has 0 radical (unpaired) electrons. The van der Waals surface area contributed by atoms with Gasteiger partial charge in [0.25, 0.3) is 0 Å². The molecular weight excluding hydrogens is 1570 g/mol. The van der Waals surface area contributed by atoms with Crippen LogP contribution in [-0.4, -0.2) is 79.9 Å². The molecular formula is C88H103F11O13S3. The number of phenolic OH excluding ortho intramolecular Hbond substituents is 2. The normalized spacial score (nSPS) is 13.3. The maximum Gasteiger partial charge on any atom is 0.450 e. The molecule has 9 aromatic carbocycles. The Morgan fingerprint density at radius 1 is 0.435 bits per heavy atom. The van der Waals surface area contributed by atoms with Gasteiger partial charge in [0.05, 0.1) is 23.6 Å². The Morgan fingerprint density at radius 2 is 0.774 bits per heavy atom. The zero-order valence-corrected chi connectivity index (χ0v) is 68.8. The summed E-state index contributed by atoms with van der Waals surface area (Å²) in [7, 11) is -14.1. The minimum absolute atomic E-state index is 0.0146. The van der Waals surface area contributed by atoms with E-state index in [9.17, 15) is 69.7 Å². The zero-order chi connectivity index (χ0) is 85.4. The number of rotatable bonds is 28. The lowest BCUT2D eigenvalue weighted by molar-refractivity contribution is -0.247. The van der Waals surface area contributed by atoms with Crippen LogP contribution in [0.5, 0.6) is 34.5 Å². The standard InChI is InChI=1S/C23H27F5O3.C20H32O2.C18H15S.C11H10F6O6S2.2C8H10O/c1-5-14-6-8-15(9-7-14)31-16(10-11-23(2,3)4)29-12-13-30-22-20(27)18(25)17(24)19(26)21(22)28;1-5-16-11-13-18(14-12-16)22-19(15-20(2,3)4)21-17-9-7-6-8-10-17;1-4-10-16(11-5-1)19(17-12-6-2-7-13-17)18-14-8-3-9-15-18;1-2-7-3-5-8(6-4-7)23-25(21,22)11(16,17)9(12,13)10(14,15)24(18,19)20;2*1-2-7-3-5-8(9)6-4-7/h6-9,16H,5,10-13H2,1-4H3;11-14,17,19H,5-10,15H2,1-4H3;1-15H;3-6H,2H2,1H3,(H,18,19,20);2*3-6,9H,2H2,1H3/q;;+1;;;/p-1. The first-order valence-electron chi connectivity index (χ1n) is 37.6. The molecule has 0 spiro atoms. The Morgan fingerprint density at radius 3 is 1.11 bits per heavy atom. The van der Waals surface area contributed by atoms with Crippen LogP contribution in [0.15, 0.2) is 227 Å². The minimum atomic E-state index is -7.32. The van der Waals surface area contributed by atoms with Crippen molar-refractivity contribution in [3.05, 3.63) is 269 Å². The molecule has 27 heteroatoms. The third-order valence-corrected chi connectivity index (χ3v) is 21.7. The van der Waals surface area contributed by atoms with Crippen LogP contribution in [0.4, 0.5) is 48.3 Å². The van der Waals surface area contributed by atoms with E-state index in [1.54, 1.807) is 31.2 Å². The van der Waals surface area contributed by atoms with Crippen molar-refractivity contribution in [3.63, 3.8) is 0 Å². The largest absolute Gasteiger partial charge is 0.743 e. The monoisotopic (exact) mass is 1670 g/mol. The SMILES string of the molecule is CCc1ccc(O)cc1.CCc1ccc(O)cc1.CCc1ccc(OC(CC(C)(C)C)OC2CCCCC2)cc1.CCc1ccc(OC(CCC(C)(C)C)OCCOc2c(F)c(F)c(F)c(F)c2F)cc1.CCc1ccc(OS(=O)(=O)C(F)(F)C(F)(F)C(F)(F)S(=O)(=O)[O-])cc1.c1ccc([S+](c2ccccc2)c2ccccc2)cc1. The molecule has 1 saturated carbocycles. The van der Waals surface area contributed by atoms with Gasteiger partial charge in [-0.3, -0.25) is 0 Å². The summed E-state index contributed by atoms with van der Waals surface area (Å²) in [5, 5.41) is 4.06. The van der Waals surface area contributed by atoms with E-state index in [2.05, 4.69) is 182 Å². The van der Waals surface area contributed by atoms with Crippen molar-refractivity contribution >= 4 is 31.1 Å². The first-order chi connectivity index (χ1) is 54.1. The quantitative estimate of drug-likeness (QED) is 0.00690. The Hall–Kier alpha value is -8.86. The molecule has 2 atom stereocenters. The van der Waals surface area contributed by atoms with Crippen LogP contribution in [0.2, 0.25) is 0 Å².